The van der Waals surface area contributed by atoms with E-state index in [4.69, 9.17) is 16.3 Å². The molecular weight excluding hydrogens is 304 g/mol. The Kier molecular flexibility index (Phi) is 4.31. The summed E-state index contributed by atoms with van der Waals surface area (Å²) in [6.45, 7) is 2.88. The van der Waals surface area contributed by atoms with Crippen LogP contribution in [0.3, 0.4) is 0 Å². The number of rotatable bonds is 2. The van der Waals surface area contributed by atoms with Crippen LogP contribution in [0.15, 0.2) is 36.7 Å². The number of amides is 2. The Morgan fingerprint density at radius 2 is 2.32 bits per heavy atom. The van der Waals surface area contributed by atoms with Crippen LogP contribution in [0.5, 0.6) is 0 Å². The lowest BCUT2D eigenvalue weighted by molar-refractivity contribution is -0.0407. The number of benzene rings is 1. The third kappa shape index (κ3) is 3.08. The first-order chi connectivity index (χ1) is 10.6. The van der Waals surface area contributed by atoms with Gasteiger partial charge in [0.2, 0.25) is 0 Å². The van der Waals surface area contributed by atoms with Crippen molar-refractivity contribution in [3.05, 3.63) is 47.2 Å². The van der Waals surface area contributed by atoms with Gasteiger partial charge in [-0.3, -0.25) is 5.10 Å². The summed E-state index contributed by atoms with van der Waals surface area (Å²) in [6, 6.07) is 7.36. The molecule has 2 amide bonds. The number of morpholine rings is 1. The molecule has 0 aliphatic carbocycles. The van der Waals surface area contributed by atoms with Gasteiger partial charge in [-0.2, -0.15) is 5.10 Å². The lowest BCUT2D eigenvalue weighted by Gasteiger charge is -2.38. The van der Waals surface area contributed by atoms with Crippen molar-refractivity contribution in [2.45, 2.75) is 19.1 Å². The fourth-order valence-corrected chi connectivity index (χ4v) is 2.74. The van der Waals surface area contributed by atoms with Crippen molar-refractivity contribution in [1.29, 1.82) is 0 Å². The summed E-state index contributed by atoms with van der Waals surface area (Å²) in [5.41, 5.74) is 1.54. The number of aromatic amines is 1. The number of H-pyrrole nitrogens is 1. The molecule has 1 saturated heterocycles. The SMILES string of the molecule is C[C@H]1CO[C@@H](c2ccccc2Cl)CN1C(=O)Nc1cn[nH]c1. The van der Waals surface area contributed by atoms with E-state index < -0.39 is 0 Å². The fraction of sp³-hybridized carbons (Fsp3) is 0.333. The molecule has 2 N–H and O–H groups in total. The van der Waals surface area contributed by atoms with Crippen molar-refractivity contribution >= 4 is 23.3 Å². The van der Waals surface area contributed by atoms with E-state index >= 15 is 0 Å². The summed E-state index contributed by atoms with van der Waals surface area (Å²) in [5, 5.41) is 9.94. The molecule has 2 heterocycles. The van der Waals surface area contributed by atoms with Gasteiger partial charge in [-0.15, -0.1) is 0 Å². The highest BCUT2D eigenvalue weighted by Gasteiger charge is 2.31. The lowest BCUT2D eigenvalue weighted by Crippen LogP contribution is -2.49. The zero-order chi connectivity index (χ0) is 15.5. The number of ether oxygens (including phenoxy) is 1. The predicted molar refractivity (Wildman–Crippen MR) is 83.9 cm³/mol. The first kappa shape index (κ1) is 14.9. The highest BCUT2D eigenvalue weighted by molar-refractivity contribution is 6.31. The third-order valence-corrected chi connectivity index (χ3v) is 4.04. The molecule has 0 unspecified atom stereocenters. The van der Waals surface area contributed by atoms with Crippen molar-refractivity contribution in [2.75, 3.05) is 18.5 Å². The molecule has 2 aromatic rings. The third-order valence-electron chi connectivity index (χ3n) is 3.70. The number of anilines is 1. The molecule has 1 aromatic carbocycles. The van der Waals surface area contributed by atoms with Crippen LogP contribution in [0.25, 0.3) is 0 Å². The maximum atomic E-state index is 12.4. The minimum atomic E-state index is -0.222. The summed E-state index contributed by atoms with van der Waals surface area (Å²) >= 11 is 6.22. The number of nitrogens with one attached hydrogen (secondary N) is 2. The van der Waals surface area contributed by atoms with E-state index in [1.54, 1.807) is 17.3 Å². The van der Waals surface area contributed by atoms with E-state index in [-0.39, 0.29) is 18.2 Å². The van der Waals surface area contributed by atoms with Crippen LogP contribution in [0, 0.1) is 0 Å². The maximum absolute atomic E-state index is 12.4. The first-order valence-corrected chi connectivity index (χ1v) is 7.45. The smallest absolute Gasteiger partial charge is 0.322 e. The maximum Gasteiger partial charge on any atom is 0.322 e. The van der Waals surface area contributed by atoms with E-state index in [0.29, 0.717) is 23.9 Å². The topological polar surface area (TPSA) is 70.2 Å². The molecule has 0 bridgehead atoms. The predicted octanol–water partition coefficient (Wildman–Crippen LogP) is 3.06. The highest BCUT2D eigenvalue weighted by Crippen LogP contribution is 2.30. The minimum Gasteiger partial charge on any atom is -0.369 e. The van der Waals surface area contributed by atoms with Gasteiger partial charge in [0.25, 0.3) is 0 Å². The average Bonchev–Trinajstić information content (AvgIpc) is 3.01. The van der Waals surface area contributed by atoms with Gasteiger partial charge in [0.1, 0.15) is 6.10 Å². The van der Waals surface area contributed by atoms with Crippen molar-refractivity contribution in [3.8, 4) is 0 Å². The van der Waals surface area contributed by atoms with Gasteiger partial charge in [0.15, 0.2) is 0 Å². The second kappa shape index (κ2) is 6.37. The summed E-state index contributed by atoms with van der Waals surface area (Å²) in [5.74, 6) is 0. The van der Waals surface area contributed by atoms with Crippen molar-refractivity contribution < 1.29 is 9.53 Å². The largest absolute Gasteiger partial charge is 0.369 e. The average molecular weight is 321 g/mol. The summed E-state index contributed by atoms with van der Waals surface area (Å²) in [7, 11) is 0. The van der Waals surface area contributed by atoms with Crippen LogP contribution in [0.1, 0.15) is 18.6 Å². The van der Waals surface area contributed by atoms with E-state index in [1.807, 2.05) is 31.2 Å². The van der Waals surface area contributed by atoms with Gasteiger partial charge >= 0.3 is 6.03 Å². The van der Waals surface area contributed by atoms with Crippen LogP contribution in [0.4, 0.5) is 10.5 Å². The Bertz CT molecular complexity index is 647. The van der Waals surface area contributed by atoms with E-state index in [2.05, 4.69) is 15.5 Å². The van der Waals surface area contributed by atoms with Crippen molar-refractivity contribution in [1.82, 2.24) is 15.1 Å². The lowest BCUT2D eigenvalue weighted by atomic mass is 10.1. The molecule has 0 spiro atoms. The van der Waals surface area contributed by atoms with Gasteiger partial charge in [-0.05, 0) is 13.0 Å². The van der Waals surface area contributed by atoms with E-state index in [1.165, 1.54) is 0 Å². The second-order valence-corrected chi connectivity index (χ2v) is 5.67. The summed E-state index contributed by atoms with van der Waals surface area (Å²) in [4.78, 5) is 14.2. The molecule has 7 heteroatoms. The van der Waals surface area contributed by atoms with Gasteiger partial charge in [-0.25, -0.2) is 4.79 Å². The molecular formula is C15H17ClN4O2. The highest BCUT2D eigenvalue weighted by atomic mass is 35.5. The number of carbonyl (C=O) groups is 1. The standard InChI is InChI=1S/C15H17ClN4O2/c1-10-9-22-14(12-4-2-3-5-13(12)16)8-20(10)15(21)19-11-6-17-18-7-11/h2-7,10,14H,8-9H2,1H3,(H,17,18)(H,19,21)/t10-,14+/m0/s1. The zero-order valence-electron chi connectivity index (χ0n) is 12.1. The number of halogens is 1. The Balaban J connectivity index is 1.73. The number of carbonyl (C=O) groups excluding carboxylic acids is 1. The Morgan fingerprint density at radius 3 is 3.05 bits per heavy atom. The molecule has 0 saturated carbocycles. The number of aromatic nitrogens is 2. The molecule has 0 radical (unpaired) electrons. The van der Waals surface area contributed by atoms with Crippen molar-refractivity contribution in [2.24, 2.45) is 0 Å². The molecule has 22 heavy (non-hydrogen) atoms. The molecule has 1 fully saturated rings. The summed E-state index contributed by atoms with van der Waals surface area (Å²) in [6.07, 6.45) is 2.98. The van der Waals surface area contributed by atoms with Gasteiger partial charge in [-0.1, -0.05) is 29.8 Å². The quantitative estimate of drug-likeness (QED) is 0.893. The van der Waals surface area contributed by atoms with Gasteiger partial charge < -0.3 is 15.0 Å². The van der Waals surface area contributed by atoms with E-state index in [0.717, 1.165) is 5.56 Å². The fourth-order valence-electron chi connectivity index (χ4n) is 2.48. The molecule has 6 nitrogen and oxygen atoms in total. The van der Waals surface area contributed by atoms with Crippen LogP contribution in [0.2, 0.25) is 5.02 Å². The molecule has 1 aromatic heterocycles. The van der Waals surface area contributed by atoms with Crippen LogP contribution in [-0.4, -0.2) is 40.3 Å². The molecule has 3 rings (SSSR count). The van der Waals surface area contributed by atoms with Crippen LogP contribution in [-0.2, 0) is 4.74 Å². The number of nitrogens with zero attached hydrogens (tertiary/aromatic N) is 2. The monoisotopic (exact) mass is 320 g/mol. The number of urea groups is 1. The Hall–Kier alpha value is -2.05. The molecule has 2 atom stereocenters. The second-order valence-electron chi connectivity index (χ2n) is 5.26. The first-order valence-electron chi connectivity index (χ1n) is 7.07. The Morgan fingerprint density at radius 1 is 1.50 bits per heavy atom. The molecule has 1 aliphatic heterocycles. The normalized spacial score (nSPS) is 21.6. The van der Waals surface area contributed by atoms with Crippen LogP contribution >= 0.6 is 11.6 Å². The molecule has 1 aliphatic rings. The van der Waals surface area contributed by atoms with E-state index in [9.17, 15) is 4.79 Å². The number of hydrogen-bond donors (Lipinski definition) is 2. The summed E-state index contributed by atoms with van der Waals surface area (Å²) < 4.78 is 5.85. The Labute approximate surface area is 133 Å². The molecule has 116 valence electrons. The minimum absolute atomic E-state index is 0.00867. The van der Waals surface area contributed by atoms with Gasteiger partial charge in [0.05, 0.1) is 31.1 Å². The van der Waals surface area contributed by atoms with Crippen molar-refractivity contribution in [3.63, 3.8) is 0 Å². The van der Waals surface area contributed by atoms with Gasteiger partial charge in [0, 0.05) is 16.8 Å². The van der Waals surface area contributed by atoms with Crippen LogP contribution < -0.4 is 5.32 Å². The number of hydrogen-bond acceptors (Lipinski definition) is 3. The zero-order valence-corrected chi connectivity index (χ0v) is 12.9.